The lowest BCUT2D eigenvalue weighted by Crippen LogP contribution is -2.44. The van der Waals surface area contributed by atoms with Crippen molar-refractivity contribution in [2.24, 2.45) is 29.1 Å². The largest absolute Gasteiger partial charge is 0.469 e. The summed E-state index contributed by atoms with van der Waals surface area (Å²) < 4.78 is 10.3. The first-order chi connectivity index (χ1) is 7.51. The highest BCUT2D eigenvalue weighted by Gasteiger charge is 2.74. The smallest absolute Gasteiger partial charge is 0.313 e. The van der Waals surface area contributed by atoms with Crippen LogP contribution in [0.15, 0.2) is 0 Å². The molecule has 2 bridgehead atoms. The van der Waals surface area contributed by atoms with Gasteiger partial charge in [0.15, 0.2) is 0 Å². The normalized spacial score (nSPS) is 52.9. The molecule has 3 aliphatic rings. The molecule has 16 heavy (non-hydrogen) atoms. The summed E-state index contributed by atoms with van der Waals surface area (Å²) in [5, 5.41) is 0. The molecule has 88 valence electrons. The Balaban J connectivity index is 2.07. The molecular weight excluding hydrogens is 208 g/mol. The molecule has 0 spiro atoms. The van der Waals surface area contributed by atoms with Gasteiger partial charge >= 0.3 is 11.9 Å². The second kappa shape index (κ2) is 2.79. The van der Waals surface area contributed by atoms with Crippen LogP contribution in [0.2, 0.25) is 0 Å². The van der Waals surface area contributed by atoms with Crippen LogP contribution in [0.3, 0.4) is 0 Å². The van der Waals surface area contributed by atoms with Gasteiger partial charge in [-0.25, -0.2) is 0 Å². The van der Waals surface area contributed by atoms with Crippen molar-refractivity contribution < 1.29 is 19.1 Å². The van der Waals surface area contributed by atoms with E-state index in [0.717, 1.165) is 6.42 Å². The van der Waals surface area contributed by atoms with Crippen molar-refractivity contribution in [2.45, 2.75) is 26.4 Å². The van der Waals surface area contributed by atoms with E-state index in [0.29, 0.717) is 0 Å². The number of carbonyl (C=O) groups is 2. The molecule has 2 aliphatic carbocycles. The Labute approximate surface area is 94.3 Å². The maximum absolute atomic E-state index is 12.0. The highest BCUT2D eigenvalue weighted by atomic mass is 16.6. The van der Waals surface area contributed by atoms with Gasteiger partial charge in [-0.1, -0.05) is 6.92 Å². The fraction of sp³-hybridized carbons (Fsp3) is 0.833. The summed E-state index contributed by atoms with van der Waals surface area (Å²) in [6, 6.07) is 0. The van der Waals surface area contributed by atoms with E-state index in [1.54, 1.807) is 0 Å². The third-order valence-electron chi connectivity index (χ3n) is 5.10. The highest BCUT2D eigenvalue weighted by Crippen LogP contribution is 2.66. The molecule has 0 amide bonds. The van der Waals surface area contributed by atoms with E-state index in [1.165, 1.54) is 7.11 Å². The number of esters is 2. The van der Waals surface area contributed by atoms with E-state index in [2.05, 4.69) is 6.92 Å². The van der Waals surface area contributed by atoms with E-state index in [1.807, 2.05) is 6.92 Å². The molecule has 0 aromatic rings. The van der Waals surface area contributed by atoms with Crippen LogP contribution in [-0.4, -0.2) is 25.2 Å². The third kappa shape index (κ3) is 0.837. The van der Waals surface area contributed by atoms with Crippen LogP contribution in [0.1, 0.15) is 20.3 Å². The number of rotatable bonds is 1. The number of hydrogen-bond acceptors (Lipinski definition) is 4. The molecule has 0 aromatic carbocycles. The molecule has 6 unspecified atom stereocenters. The van der Waals surface area contributed by atoms with Gasteiger partial charge in [0.25, 0.3) is 0 Å². The second-order valence-electron chi connectivity index (χ2n) is 5.52. The Kier molecular flexibility index (Phi) is 1.76. The maximum atomic E-state index is 12.0. The van der Waals surface area contributed by atoms with Crippen molar-refractivity contribution >= 4 is 11.9 Å². The van der Waals surface area contributed by atoms with Gasteiger partial charge in [-0.05, 0) is 25.2 Å². The highest BCUT2D eigenvalue weighted by molar-refractivity contribution is 5.89. The summed E-state index contributed by atoms with van der Waals surface area (Å²) in [6.07, 6.45) is 0.955. The van der Waals surface area contributed by atoms with Crippen LogP contribution in [0.25, 0.3) is 0 Å². The average Bonchev–Trinajstić information content (AvgIpc) is 2.79. The predicted molar refractivity (Wildman–Crippen MR) is 54.3 cm³/mol. The fourth-order valence-corrected chi connectivity index (χ4v) is 4.22. The molecule has 0 radical (unpaired) electrons. The van der Waals surface area contributed by atoms with Crippen molar-refractivity contribution in [3.63, 3.8) is 0 Å². The SMILES string of the molecule is COC(=O)C1C2CC3C(OC(=O)C31C)C2C. The lowest BCUT2D eigenvalue weighted by Gasteiger charge is -2.34. The number of ether oxygens (including phenoxy) is 2. The summed E-state index contributed by atoms with van der Waals surface area (Å²) in [5.41, 5.74) is -0.630. The monoisotopic (exact) mass is 224 g/mol. The zero-order valence-corrected chi connectivity index (χ0v) is 9.73. The van der Waals surface area contributed by atoms with Gasteiger partial charge in [0, 0.05) is 5.92 Å². The molecule has 1 heterocycles. The molecule has 0 N–H and O–H groups in total. The minimum absolute atomic E-state index is 0.0309. The maximum Gasteiger partial charge on any atom is 0.313 e. The van der Waals surface area contributed by atoms with Gasteiger partial charge in [0.05, 0.1) is 18.4 Å². The van der Waals surface area contributed by atoms with Crippen LogP contribution in [0, 0.1) is 29.1 Å². The first-order valence-electron chi connectivity index (χ1n) is 5.80. The molecule has 1 saturated heterocycles. The number of fused-ring (bicyclic) bond motifs is 1. The number of carbonyl (C=O) groups excluding carboxylic acids is 2. The molecule has 4 heteroatoms. The summed E-state index contributed by atoms with van der Waals surface area (Å²) in [5.74, 6) is -0.00993. The summed E-state index contributed by atoms with van der Waals surface area (Å²) >= 11 is 0. The molecule has 3 rings (SSSR count). The van der Waals surface area contributed by atoms with Crippen LogP contribution in [0.4, 0.5) is 0 Å². The summed E-state index contributed by atoms with van der Waals surface area (Å²) in [7, 11) is 1.39. The van der Waals surface area contributed by atoms with Crippen LogP contribution in [0.5, 0.6) is 0 Å². The third-order valence-corrected chi connectivity index (χ3v) is 5.10. The zero-order valence-electron chi connectivity index (χ0n) is 9.73. The number of methoxy groups -OCH3 is 1. The Bertz CT molecular complexity index is 377. The molecule has 2 saturated carbocycles. The Hall–Kier alpha value is -1.06. The summed E-state index contributed by atoms with van der Waals surface area (Å²) in [4.78, 5) is 23.8. The van der Waals surface area contributed by atoms with Gasteiger partial charge < -0.3 is 9.47 Å². The van der Waals surface area contributed by atoms with E-state index in [9.17, 15) is 9.59 Å². The van der Waals surface area contributed by atoms with E-state index < -0.39 is 5.41 Å². The lowest BCUT2D eigenvalue weighted by molar-refractivity contribution is -0.159. The van der Waals surface area contributed by atoms with Crippen molar-refractivity contribution in [3.8, 4) is 0 Å². The molecular formula is C12H16O4. The molecule has 3 fully saturated rings. The first kappa shape index (κ1) is 10.1. The molecule has 0 aromatic heterocycles. The van der Waals surface area contributed by atoms with E-state index in [-0.39, 0.29) is 41.7 Å². The quantitative estimate of drug-likeness (QED) is 0.623. The van der Waals surface area contributed by atoms with Crippen LogP contribution >= 0.6 is 0 Å². The topological polar surface area (TPSA) is 52.6 Å². The van der Waals surface area contributed by atoms with E-state index >= 15 is 0 Å². The van der Waals surface area contributed by atoms with Gasteiger partial charge in [0.1, 0.15) is 6.10 Å². The summed E-state index contributed by atoms with van der Waals surface area (Å²) in [6.45, 7) is 3.94. The van der Waals surface area contributed by atoms with Crippen molar-refractivity contribution in [2.75, 3.05) is 7.11 Å². The van der Waals surface area contributed by atoms with Crippen LogP contribution in [-0.2, 0) is 19.1 Å². The second-order valence-corrected chi connectivity index (χ2v) is 5.52. The lowest BCUT2D eigenvalue weighted by atomic mass is 9.65. The Morgan fingerprint density at radius 3 is 2.88 bits per heavy atom. The van der Waals surface area contributed by atoms with Gasteiger partial charge in [-0.3, -0.25) is 9.59 Å². The average molecular weight is 224 g/mol. The van der Waals surface area contributed by atoms with Crippen molar-refractivity contribution in [3.05, 3.63) is 0 Å². The molecule has 4 nitrogen and oxygen atoms in total. The fourth-order valence-electron chi connectivity index (χ4n) is 4.22. The Morgan fingerprint density at radius 2 is 2.25 bits per heavy atom. The Morgan fingerprint density at radius 1 is 1.56 bits per heavy atom. The van der Waals surface area contributed by atoms with Gasteiger partial charge in [0.2, 0.25) is 0 Å². The minimum atomic E-state index is -0.630. The first-order valence-corrected chi connectivity index (χ1v) is 5.80. The number of hydrogen-bond donors (Lipinski definition) is 0. The standard InChI is InChI=1S/C12H16O4/c1-5-6-4-7-9(5)16-11(14)12(7,2)8(6)10(13)15-3/h5-9H,4H2,1-3H3. The zero-order chi connectivity index (χ0) is 11.7. The van der Waals surface area contributed by atoms with Gasteiger partial charge in [-0.2, -0.15) is 0 Å². The van der Waals surface area contributed by atoms with Crippen LogP contribution < -0.4 is 0 Å². The molecule has 1 aliphatic heterocycles. The minimum Gasteiger partial charge on any atom is -0.469 e. The van der Waals surface area contributed by atoms with Crippen molar-refractivity contribution in [1.29, 1.82) is 0 Å². The van der Waals surface area contributed by atoms with Gasteiger partial charge in [-0.15, -0.1) is 0 Å². The van der Waals surface area contributed by atoms with Crippen molar-refractivity contribution in [1.82, 2.24) is 0 Å². The molecule has 6 atom stereocenters. The van der Waals surface area contributed by atoms with E-state index in [4.69, 9.17) is 9.47 Å². The predicted octanol–water partition coefficient (Wildman–Crippen LogP) is 0.993.